The van der Waals surface area contributed by atoms with Gasteiger partial charge in [0.25, 0.3) is 0 Å². The number of aryl methyl sites for hydroxylation is 1. The molecule has 2 aliphatic rings. The van der Waals surface area contributed by atoms with E-state index in [9.17, 15) is 0 Å². The minimum Gasteiger partial charge on any atom is -0.350 e. The van der Waals surface area contributed by atoms with Gasteiger partial charge >= 0.3 is 0 Å². The summed E-state index contributed by atoms with van der Waals surface area (Å²) in [6.45, 7) is 12.7. The van der Waals surface area contributed by atoms with Gasteiger partial charge in [0.05, 0.1) is 11.2 Å². The van der Waals surface area contributed by atoms with Gasteiger partial charge in [-0.2, -0.15) is 0 Å². The maximum atomic E-state index is 5.42. The number of aromatic nitrogens is 2. The second-order valence-electron chi connectivity index (χ2n) is 10.6. The lowest BCUT2D eigenvalue weighted by molar-refractivity contribution is 0.147. The maximum absolute atomic E-state index is 5.42. The molecule has 0 N–H and O–H groups in total. The highest BCUT2D eigenvalue weighted by Gasteiger charge is 2.25. The topological polar surface area (TPSA) is 27.5 Å². The van der Waals surface area contributed by atoms with Crippen LogP contribution in [0.5, 0.6) is 0 Å². The standard InChI is InChI=1S/C31H37N5.ClH/c1-23-24(2)36(20-25-9-5-4-6-10-25)30-29(23)19-28(22-34-17-15-33(3)16-18-34)32-31(30)35-14-13-26-11-7-8-12-27(26)21-35;/h4-12,19H,13-18,20-22H2,1-3H3;1H. The summed E-state index contributed by atoms with van der Waals surface area (Å²) in [7, 11) is 2.22. The molecule has 6 rings (SSSR count). The van der Waals surface area contributed by atoms with Crippen LogP contribution in [0.15, 0.2) is 60.7 Å². The fourth-order valence-corrected chi connectivity index (χ4v) is 5.87. The summed E-state index contributed by atoms with van der Waals surface area (Å²) >= 11 is 0. The molecule has 1 saturated heterocycles. The molecule has 2 aromatic heterocycles. The van der Waals surface area contributed by atoms with Crippen LogP contribution in [0.3, 0.4) is 0 Å². The van der Waals surface area contributed by atoms with Crippen molar-refractivity contribution in [3.63, 3.8) is 0 Å². The third-order valence-corrected chi connectivity index (χ3v) is 8.24. The third kappa shape index (κ3) is 5.13. The smallest absolute Gasteiger partial charge is 0.153 e. The molecule has 0 amide bonds. The van der Waals surface area contributed by atoms with E-state index in [-0.39, 0.29) is 12.4 Å². The molecule has 0 aliphatic carbocycles. The monoisotopic (exact) mass is 515 g/mol. The zero-order chi connectivity index (χ0) is 24.6. The molecule has 37 heavy (non-hydrogen) atoms. The van der Waals surface area contributed by atoms with Crippen molar-refractivity contribution in [2.45, 2.75) is 39.9 Å². The van der Waals surface area contributed by atoms with Crippen molar-refractivity contribution < 1.29 is 0 Å². The molecule has 6 heteroatoms. The normalized spacial score (nSPS) is 16.6. The van der Waals surface area contributed by atoms with Gasteiger partial charge in [-0.1, -0.05) is 54.6 Å². The Bertz CT molecular complexity index is 1370. The number of hydrogen-bond donors (Lipinski definition) is 0. The van der Waals surface area contributed by atoms with Crippen LogP contribution in [0.25, 0.3) is 10.9 Å². The van der Waals surface area contributed by atoms with Crippen molar-refractivity contribution in [1.82, 2.24) is 19.4 Å². The second-order valence-corrected chi connectivity index (χ2v) is 10.6. The zero-order valence-electron chi connectivity index (χ0n) is 22.3. The van der Waals surface area contributed by atoms with E-state index in [0.29, 0.717) is 0 Å². The minimum absolute atomic E-state index is 0. The Balaban J connectivity index is 0.00000280. The fourth-order valence-electron chi connectivity index (χ4n) is 5.87. The zero-order valence-corrected chi connectivity index (χ0v) is 23.1. The Labute approximate surface area is 227 Å². The summed E-state index contributed by atoms with van der Waals surface area (Å²) in [6.07, 6.45) is 1.07. The van der Waals surface area contributed by atoms with Crippen LogP contribution in [0.1, 0.15) is 33.6 Å². The summed E-state index contributed by atoms with van der Waals surface area (Å²) in [6, 6.07) is 22.1. The highest BCUT2D eigenvalue weighted by atomic mass is 35.5. The highest BCUT2D eigenvalue weighted by molar-refractivity contribution is 5.94. The van der Waals surface area contributed by atoms with E-state index in [1.807, 2.05) is 0 Å². The number of hydrogen-bond acceptors (Lipinski definition) is 4. The quantitative estimate of drug-likeness (QED) is 0.354. The number of halogens is 1. The highest BCUT2D eigenvalue weighted by Crippen LogP contribution is 2.35. The molecular weight excluding hydrogens is 478 g/mol. The van der Waals surface area contributed by atoms with Gasteiger partial charge in [-0.05, 0) is 55.6 Å². The number of benzene rings is 2. The Morgan fingerprint density at radius 3 is 2.27 bits per heavy atom. The first-order valence-corrected chi connectivity index (χ1v) is 13.3. The van der Waals surface area contributed by atoms with Crippen LogP contribution in [0.4, 0.5) is 5.82 Å². The van der Waals surface area contributed by atoms with Crippen molar-refractivity contribution >= 4 is 29.1 Å². The molecule has 4 aromatic rings. The van der Waals surface area contributed by atoms with Gasteiger partial charge < -0.3 is 14.4 Å². The van der Waals surface area contributed by atoms with E-state index < -0.39 is 0 Å². The van der Waals surface area contributed by atoms with Gasteiger partial charge in [-0.15, -0.1) is 12.4 Å². The largest absolute Gasteiger partial charge is 0.350 e. The number of likely N-dealkylation sites (N-methyl/N-ethyl adjacent to an activating group) is 1. The summed E-state index contributed by atoms with van der Waals surface area (Å²) in [5.74, 6) is 1.15. The molecule has 0 saturated carbocycles. The Hall–Kier alpha value is -2.86. The summed E-state index contributed by atoms with van der Waals surface area (Å²) in [4.78, 5) is 12.9. The molecule has 0 unspecified atom stereocenters. The van der Waals surface area contributed by atoms with Gasteiger partial charge in [0, 0.05) is 63.4 Å². The summed E-state index contributed by atoms with van der Waals surface area (Å²) < 4.78 is 2.50. The predicted octanol–water partition coefficient (Wildman–Crippen LogP) is 5.43. The number of nitrogens with zero attached hydrogens (tertiary/aromatic N) is 5. The van der Waals surface area contributed by atoms with Gasteiger partial charge in [0.2, 0.25) is 0 Å². The molecule has 2 aliphatic heterocycles. The average Bonchev–Trinajstić information content (AvgIpc) is 3.14. The first-order valence-electron chi connectivity index (χ1n) is 13.3. The number of piperazine rings is 1. The molecule has 0 radical (unpaired) electrons. The number of pyridine rings is 1. The van der Waals surface area contributed by atoms with Crippen LogP contribution in [-0.4, -0.2) is 59.1 Å². The molecule has 1 fully saturated rings. The van der Waals surface area contributed by atoms with E-state index >= 15 is 0 Å². The second kappa shape index (κ2) is 10.9. The van der Waals surface area contributed by atoms with Crippen molar-refractivity contribution in [2.24, 2.45) is 0 Å². The summed E-state index contributed by atoms with van der Waals surface area (Å²) in [5, 5.41) is 1.36. The van der Waals surface area contributed by atoms with Crippen molar-refractivity contribution in [3.05, 3.63) is 94.3 Å². The van der Waals surface area contributed by atoms with E-state index in [2.05, 4.69) is 101 Å². The van der Waals surface area contributed by atoms with Crippen molar-refractivity contribution in [3.8, 4) is 0 Å². The molecule has 5 nitrogen and oxygen atoms in total. The molecule has 4 heterocycles. The van der Waals surface area contributed by atoms with Gasteiger partial charge in [-0.3, -0.25) is 4.90 Å². The lowest BCUT2D eigenvalue weighted by Crippen LogP contribution is -2.44. The van der Waals surface area contributed by atoms with Crippen LogP contribution < -0.4 is 4.90 Å². The molecular formula is C31H38ClN5. The predicted molar refractivity (Wildman–Crippen MR) is 156 cm³/mol. The van der Waals surface area contributed by atoms with Crippen LogP contribution in [0, 0.1) is 13.8 Å². The van der Waals surface area contributed by atoms with E-state index in [4.69, 9.17) is 4.98 Å². The maximum Gasteiger partial charge on any atom is 0.153 e. The first kappa shape index (κ1) is 25.8. The van der Waals surface area contributed by atoms with E-state index in [1.165, 1.54) is 44.5 Å². The average molecular weight is 516 g/mol. The number of anilines is 1. The molecule has 0 bridgehead atoms. The van der Waals surface area contributed by atoms with E-state index in [1.54, 1.807) is 0 Å². The lowest BCUT2D eigenvalue weighted by atomic mass is 10.00. The Kier molecular flexibility index (Phi) is 7.57. The van der Waals surface area contributed by atoms with Gasteiger partial charge in [0.1, 0.15) is 0 Å². The van der Waals surface area contributed by atoms with Crippen LogP contribution >= 0.6 is 12.4 Å². The van der Waals surface area contributed by atoms with Crippen LogP contribution in [0.2, 0.25) is 0 Å². The molecule has 0 atom stereocenters. The molecule has 194 valence electrons. The number of fused-ring (bicyclic) bond motifs is 2. The summed E-state index contributed by atoms with van der Waals surface area (Å²) in [5.41, 5.74) is 9.43. The number of rotatable bonds is 5. The lowest BCUT2D eigenvalue weighted by Gasteiger charge is -2.33. The third-order valence-electron chi connectivity index (χ3n) is 8.24. The SMILES string of the molecule is Cc1c(C)n(Cc2ccccc2)c2c(N3CCc4ccccc4C3)nc(CN3CCN(C)CC3)cc12.Cl. The first-order chi connectivity index (χ1) is 17.6. The Morgan fingerprint density at radius 2 is 1.51 bits per heavy atom. The Morgan fingerprint density at radius 1 is 0.811 bits per heavy atom. The fraction of sp³-hybridized carbons (Fsp3) is 0.387. The van der Waals surface area contributed by atoms with Crippen LogP contribution in [-0.2, 0) is 26.1 Å². The van der Waals surface area contributed by atoms with Gasteiger partial charge in [-0.25, -0.2) is 4.98 Å². The van der Waals surface area contributed by atoms with E-state index in [0.717, 1.165) is 64.6 Å². The van der Waals surface area contributed by atoms with Crippen molar-refractivity contribution in [2.75, 3.05) is 44.7 Å². The molecule has 2 aromatic carbocycles. The molecule has 0 spiro atoms. The van der Waals surface area contributed by atoms with Crippen molar-refractivity contribution in [1.29, 1.82) is 0 Å². The van der Waals surface area contributed by atoms with Gasteiger partial charge in [0.15, 0.2) is 5.82 Å². The minimum atomic E-state index is 0.